The van der Waals surface area contributed by atoms with Crippen LogP contribution in [0.25, 0.3) is 0 Å². The maximum absolute atomic E-state index is 5.92. The van der Waals surface area contributed by atoms with Gasteiger partial charge in [-0.3, -0.25) is 0 Å². The lowest BCUT2D eigenvalue weighted by Crippen LogP contribution is -2.04. The van der Waals surface area contributed by atoms with Crippen LogP contribution in [0.1, 0.15) is 17.0 Å². The molecule has 1 N–H and O–H groups in total. The van der Waals surface area contributed by atoms with Gasteiger partial charge in [0.15, 0.2) is 5.76 Å². The average molecular weight is 267 g/mol. The molecule has 0 bridgehead atoms. The zero-order valence-corrected chi connectivity index (χ0v) is 11.1. The molecule has 0 unspecified atom stereocenters. The minimum Gasteiger partial charge on any atom is -0.485 e. The summed E-state index contributed by atoms with van der Waals surface area (Å²) in [4.78, 5) is 0. The molecule has 0 aliphatic carbocycles. The molecule has 0 aliphatic rings. The first kappa shape index (κ1) is 12.9. The van der Waals surface area contributed by atoms with Crippen LogP contribution in [0.3, 0.4) is 0 Å². The van der Waals surface area contributed by atoms with E-state index in [1.165, 1.54) is 0 Å². The minimum absolute atomic E-state index is 0.345. The van der Waals surface area contributed by atoms with Crippen LogP contribution >= 0.6 is 11.6 Å². The van der Waals surface area contributed by atoms with E-state index in [1.807, 2.05) is 32.2 Å². The van der Waals surface area contributed by atoms with Gasteiger partial charge in [0, 0.05) is 17.6 Å². The second-order valence-corrected chi connectivity index (χ2v) is 4.45. The fourth-order valence-electron chi connectivity index (χ4n) is 1.57. The maximum atomic E-state index is 5.92. The van der Waals surface area contributed by atoms with Crippen molar-refractivity contribution in [3.8, 4) is 5.75 Å². The van der Waals surface area contributed by atoms with Crippen molar-refractivity contribution in [1.29, 1.82) is 0 Å². The van der Waals surface area contributed by atoms with E-state index in [1.54, 1.807) is 6.07 Å². The molecule has 18 heavy (non-hydrogen) atoms. The summed E-state index contributed by atoms with van der Waals surface area (Å²) in [5, 5.41) is 7.58. The van der Waals surface area contributed by atoms with Gasteiger partial charge in [0.25, 0.3) is 0 Å². The molecule has 0 amide bonds. The van der Waals surface area contributed by atoms with Crippen LogP contribution in [0.15, 0.2) is 28.8 Å². The van der Waals surface area contributed by atoms with Crippen molar-refractivity contribution in [2.75, 3.05) is 7.05 Å². The number of ether oxygens (including phenoxy) is 1. The first-order chi connectivity index (χ1) is 8.69. The van der Waals surface area contributed by atoms with Crippen molar-refractivity contribution in [2.45, 2.75) is 20.1 Å². The second-order valence-electron chi connectivity index (χ2n) is 4.01. The lowest BCUT2D eigenvalue weighted by atomic mass is 10.2. The summed E-state index contributed by atoms with van der Waals surface area (Å²) in [6.45, 7) is 3.00. The van der Waals surface area contributed by atoms with Crippen molar-refractivity contribution < 1.29 is 9.26 Å². The Morgan fingerprint density at radius 2 is 2.22 bits per heavy atom. The number of aryl methyl sites for hydroxylation is 1. The summed E-state index contributed by atoms with van der Waals surface area (Å²) in [7, 11) is 1.86. The molecule has 1 aromatic heterocycles. The Kier molecular flexibility index (Phi) is 4.23. The highest BCUT2D eigenvalue weighted by Gasteiger charge is 2.06. The summed E-state index contributed by atoms with van der Waals surface area (Å²) in [5.41, 5.74) is 1.90. The molecule has 2 aromatic rings. The van der Waals surface area contributed by atoms with Gasteiger partial charge in [0.1, 0.15) is 12.4 Å². The number of rotatable bonds is 5. The van der Waals surface area contributed by atoms with Gasteiger partial charge in [-0.15, -0.1) is 0 Å². The minimum atomic E-state index is 0.345. The van der Waals surface area contributed by atoms with Gasteiger partial charge in [-0.2, -0.15) is 0 Å². The molecule has 0 aliphatic heterocycles. The largest absolute Gasteiger partial charge is 0.485 e. The Labute approximate surface area is 111 Å². The molecule has 1 heterocycles. The Morgan fingerprint density at radius 3 is 3.00 bits per heavy atom. The number of nitrogens with one attached hydrogen (secondary N) is 1. The van der Waals surface area contributed by atoms with Crippen molar-refractivity contribution >= 4 is 11.6 Å². The lowest BCUT2D eigenvalue weighted by molar-refractivity contribution is 0.247. The normalized spacial score (nSPS) is 10.6. The van der Waals surface area contributed by atoms with Crippen molar-refractivity contribution in [2.24, 2.45) is 0 Å². The Hall–Kier alpha value is -1.52. The van der Waals surface area contributed by atoms with E-state index in [4.69, 9.17) is 20.9 Å². The highest BCUT2D eigenvalue weighted by molar-refractivity contribution is 6.30. The van der Waals surface area contributed by atoms with Crippen LogP contribution in [0.5, 0.6) is 5.75 Å². The quantitative estimate of drug-likeness (QED) is 0.904. The summed E-state index contributed by atoms with van der Waals surface area (Å²) >= 11 is 5.92. The van der Waals surface area contributed by atoms with Gasteiger partial charge in [0.05, 0.1) is 5.69 Å². The topological polar surface area (TPSA) is 47.3 Å². The van der Waals surface area contributed by atoms with Crippen molar-refractivity contribution in [3.63, 3.8) is 0 Å². The third-order valence-electron chi connectivity index (χ3n) is 2.49. The second kappa shape index (κ2) is 5.89. The van der Waals surface area contributed by atoms with E-state index in [2.05, 4.69) is 10.5 Å². The van der Waals surface area contributed by atoms with E-state index >= 15 is 0 Å². The maximum Gasteiger partial charge on any atom is 0.174 e. The molecule has 0 atom stereocenters. The number of halogens is 1. The van der Waals surface area contributed by atoms with Gasteiger partial charge in [-0.05, 0) is 31.7 Å². The molecule has 0 saturated heterocycles. The summed E-state index contributed by atoms with van der Waals surface area (Å²) in [6.07, 6.45) is 0. The van der Waals surface area contributed by atoms with E-state index in [-0.39, 0.29) is 0 Å². The predicted molar refractivity (Wildman–Crippen MR) is 69.8 cm³/mol. The number of aromatic nitrogens is 1. The smallest absolute Gasteiger partial charge is 0.174 e. The molecule has 0 spiro atoms. The molecule has 0 radical (unpaired) electrons. The van der Waals surface area contributed by atoms with Crippen molar-refractivity contribution in [1.82, 2.24) is 10.5 Å². The molecule has 1 aromatic carbocycles. The molecule has 0 fully saturated rings. The van der Waals surface area contributed by atoms with Gasteiger partial charge in [-0.25, -0.2) is 0 Å². The van der Waals surface area contributed by atoms with Gasteiger partial charge in [-0.1, -0.05) is 22.8 Å². The highest BCUT2D eigenvalue weighted by Crippen LogP contribution is 2.23. The van der Waals surface area contributed by atoms with Gasteiger partial charge < -0.3 is 14.6 Å². The zero-order chi connectivity index (χ0) is 13.0. The summed E-state index contributed by atoms with van der Waals surface area (Å²) < 4.78 is 10.8. The summed E-state index contributed by atoms with van der Waals surface area (Å²) in [6, 6.07) is 7.42. The number of hydrogen-bond donors (Lipinski definition) is 1. The average Bonchev–Trinajstić information content (AvgIpc) is 2.79. The van der Waals surface area contributed by atoms with E-state index in [0.717, 1.165) is 17.0 Å². The van der Waals surface area contributed by atoms with E-state index in [9.17, 15) is 0 Å². The predicted octanol–water partition coefficient (Wildman–Crippen LogP) is 2.93. The van der Waals surface area contributed by atoms with Crippen LogP contribution in [0, 0.1) is 6.92 Å². The molecule has 96 valence electrons. The summed E-state index contributed by atoms with van der Waals surface area (Å²) in [5.74, 6) is 1.45. The van der Waals surface area contributed by atoms with Crippen LogP contribution in [0.4, 0.5) is 0 Å². The fraction of sp³-hybridized carbons (Fsp3) is 0.308. The molecule has 4 nitrogen and oxygen atoms in total. The van der Waals surface area contributed by atoms with Gasteiger partial charge >= 0.3 is 0 Å². The van der Waals surface area contributed by atoms with Crippen molar-refractivity contribution in [3.05, 3.63) is 46.3 Å². The Morgan fingerprint density at radius 1 is 1.39 bits per heavy atom. The van der Waals surface area contributed by atoms with Crippen LogP contribution in [-0.4, -0.2) is 12.2 Å². The third-order valence-corrected chi connectivity index (χ3v) is 2.72. The van der Waals surface area contributed by atoms with Crippen LogP contribution in [-0.2, 0) is 13.2 Å². The Bertz CT molecular complexity index is 525. The van der Waals surface area contributed by atoms with E-state index in [0.29, 0.717) is 23.9 Å². The van der Waals surface area contributed by atoms with Crippen LogP contribution in [0.2, 0.25) is 5.02 Å². The van der Waals surface area contributed by atoms with Gasteiger partial charge in [0.2, 0.25) is 0 Å². The first-order valence-corrected chi connectivity index (χ1v) is 6.05. The molecular weight excluding hydrogens is 252 g/mol. The molecule has 0 saturated carbocycles. The monoisotopic (exact) mass is 266 g/mol. The van der Waals surface area contributed by atoms with E-state index < -0.39 is 0 Å². The highest BCUT2D eigenvalue weighted by atomic mass is 35.5. The third kappa shape index (κ3) is 3.24. The Balaban J connectivity index is 1.99. The first-order valence-electron chi connectivity index (χ1n) is 5.67. The van der Waals surface area contributed by atoms with Crippen LogP contribution < -0.4 is 10.1 Å². The standard InChI is InChI=1S/C13H15ClN2O2/c1-9-3-4-10(14)5-13(9)17-8-12-6-11(7-15-2)16-18-12/h3-6,15H,7-8H2,1-2H3. The molecule has 2 rings (SSSR count). The lowest BCUT2D eigenvalue weighted by Gasteiger charge is -2.07. The molecular formula is C13H15ClN2O2. The number of hydrogen-bond acceptors (Lipinski definition) is 4. The SMILES string of the molecule is CNCc1cc(COc2cc(Cl)ccc2C)on1. The fourth-order valence-corrected chi connectivity index (χ4v) is 1.73. The molecule has 5 heteroatoms. The zero-order valence-electron chi connectivity index (χ0n) is 10.4. The number of benzene rings is 1. The number of nitrogens with zero attached hydrogens (tertiary/aromatic N) is 1.